The molecule has 1 aliphatic heterocycles. The summed E-state index contributed by atoms with van der Waals surface area (Å²) in [7, 11) is 0. The topological polar surface area (TPSA) is 24.5 Å². The van der Waals surface area contributed by atoms with Crippen LogP contribution in [0.25, 0.3) is 0 Å². The number of nitrogens with zero attached hydrogens (tertiary/aromatic N) is 1. The van der Waals surface area contributed by atoms with E-state index in [1.165, 1.54) is 0 Å². The molecule has 1 heterocycles. The number of hydrogen-bond acceptors (Lipinski definition) is 3. The van der Waals surface area contributed by atoms with E-state index in [0.29, 0.717) is 0 Å². The number of nitrogens with one attached hydrogen (secondary N) is 1. The van der Waals surface area contributed by atoms with Crippen molar-refractivity contribution in [2.75, 3.05) is 32.9 Å². The molecule has 5 heteroatoms. The summed E-state index contributed by atoms with van der Waals surface area (Å²) >= 11 is 0. The Hall–Kier alpha value is -0.840. The number of rotatable bonds is 4. The zero-order valence-corrected chi connectivity index (χ0v) is 13.9. The summed E-state index contributed by atoms with van der Waals surface area (Å²) in [6.45, 7) is 9.37. The fourth-order valence-corrected chi connectivity index (χ4v) is 2.50. The predicted octanol–water partition coefficient (Wildman–Crippen LogP) is 3.20. The monoisotopic (exact) mass is 316 g/mol. The van der Waals surface area contributed by atoms with E-state index < -0.39 is 0 Å². The van der Waals surface area contributed by atoms with Gasteiger partial charge in [0.05, 0.1) is 6.04 Å². The summed E-state index contributed by atoms with van der Waals surface area (Å²) in [5.74, 6) is 0.833. The van der Waals surface area contributed by atoms with Gasteiger partial charge in [-0.05, 0) is 38.5 Å². The summed E-state index contributed by atoms with van der Waals surface area (Å²) in [6, 6.07) is 7.69. The van der Waals surface area contributed by atoms with Gasteiger partial charge in [-0.25, -0.2) is 4.39 Å². The largest absolute Gasteiger partial charge is 0.488 e. The number of ether oxygens (including phenoxy) is 1. The van der Waals surface area contributed by atoms with Crippen LogP contribution in [0.3, 0.4) is 0 Å². The Morgan fingerprint density at radius 2 is 1.76 bits per heavy atom. The second kappa shape index (κ2) is 7.97. The Morgan fingerprint density at radius 1 is 1.19 bits per heavy atom. The van der Waals surface area contributed by atoms with Crippen LogP contribution in [0.1, 0.15) is 32.4 Å². The first-order valence-electron chi connectivity index (χ1n) is 7.29. The summed E-state index contributed by atoms with van der Waals surface area (Å²) < 4.78 is 19.2. The molecule has 1 saturated heterocycles. The molecule has 0 aliphatic carbocycles. The molecule has 120 valence electrons. The van der Waals surface area contributed by atoms with E-state index in [0.717, 1.165) is 37.5 Å². The normalized spacial score (nSPS) is 17.9. The molecule has 1 aliphatic rings. The van der Waals surface area contributed by atoms with Crippen molar-refractivity contribution in [1.82, 2.24) is 10.2 Å². The average molecular weight is 317 g/mol. The molecule has 1 fully saturated rings. The van der Waals surface area contributed by atoms with Crippen molar-refractivity contribution in [3.05, 3.63) is 29.8 Å². The van der Waals surface area contributed by atoms with Crippen molar-refractivity contribution in [3.63, 3.8) is 0 Å². The summed E-state index contributed by atoms with van der Waals surface area (Å²) in [4.78, 5) is 2.20. The second-order valence-corrected chi connectivity index (χ2v) is 6.24. The molecule has 1 atom stereocenters. The van der Waals surface area contributed by atoms with Crippen LogP contribution in [0.15, 0.2) is 24.3 Å². The molecule has 1 aromatic rings. The van der Waals surface area contributed by atoms with E-state index in [4.69, 9.17) is 4.74 Å². The lowest BCUT2D eigenvalue weighted by Crippen LogP contribution is -2.45. The van der Waals surface area contributed by atoms with Gasteiger partial charge >= 0.3 is 0 Å². The maximum atomic E-state index is 13.4. The Bertz CT molecular complexity index is 413. The molecule has 0 amide bonds. The predicted molar refractivity (Wildman–Crippen MR) is 87.2 cm³/mol. The highest BCUT2D eigenvalue weighted by Gasteiger charge is 2.22. The SMILES string of the molecule is CC(C)(C)Oc1ccc([C@@H](CF)N2CCNCC2)cc1.Cl. The average Bonchev–Trinajstić information content (AvgIpc) is 2.41. The van der Waals surface area contributed by atoms with E-state index in [9.17, 15) is 4.39 Å². The number of halogens is 2. The molecule has 1 aromatic carbocycles. The maximum Gasteiger partial charge on any atom is 0.120 e. The molecule has 21 heavy (non-hydrogen) atoms. The molecule has 0 spiro atoms. The smallest absolute Gasteiger partial charge is 0.120 e. The number of piperazine rings is 1. The Morgan fingerprint density at radius 3 is 2.24 bits per heavy atom. The molecular weight excluding hydrogens is 291 g/mol. The standard InChI is InChI=1S/C16H25FN2O.ClH/c1-16(2,3)20-14-6-4-13(5-7-14)15(12-17)19-10-8-18-9-11-19;/h4-7,15,18H,8-12H2,1-3H3;1H/t15-;/m1./s1. The van der Waals surface area contributed by atoms with Gasteiger partial charge in [0.2, 0.25) is 0 Å². The molecular formula is C16H26ClFN2O. The molecule has 2 rings (SSSR count). The van der Waals surface area contributed by atoms with Crippen molar-refractivity contribution in [3.8, 4) is 5.75 Å². The van der Waals surface area contributed by atoms with Crippen LogP contribution in [0.4, 0.5) is 4.39 Å². The maximum absolute atomic E-state index is 13.4. The van der Waals surface area contributed by atoms with Crippen LogP contribution in [0.2, 0.25) is 0 Å². The van der Waals surface area contributed by atoms with Gasteiger partial charge in [-0.1, -0.05) is 12.1 Å². The first kappa shape index (κ1) is 18.2. The van der Waals surface area contributed by atoms with Gasteiger partial charge in [0.15, 0.2) is 0 Å². The van der Waals surface area contributed by atoms with E-state index in [1.807, 2.05) is 45.0 Å². The van der Waals surface area contributed by atoms with Crippen molar-refractivity contribution < 1.29 is 9.13 Å². The van der Waals surface area contributed by atoms with Gasteiger partial charge in [0.1, 0.15) is 18.0 Å². The minimum atomic E-state index is -0.348. The molecule has 0 aromatic heterocycles. The number of hydrogen-bond donors (Lipinski definition) is 1. The van der Waals surface area contributed by atoms with Crippen molar-refractivity contribution in [2.45, 2.75) is 32.4 Å². The highest BCUT2D eigenvalue weighted by Crippen LogP contribution is 2.25. The minimum absolute atomic E-state index is 0. The van der Waals surface area contributed by atoms with Crippen molar-refractivity contribution >= 4 is 12.4 Å². The highest BCUT2D eigenvalue weighted by molar-refractivity contribution is 5.85. The van der Waals surface area contributed by atoms with E-state index in [2.05, 4.69) is 10.2 Å². The first-order chi connectivity index (χ1) is 9.49. The third-order valence-corrected chi connectivity index (χ3v) is 3.43. The van der Waals surface area contributed by atoms with E-state index in [1.54, 1.807) is 0 Å². The molecule has 0 bridgehead atoms. The van der Waals surface area contributed by atoms with Crippen LogP contribution >= 0.6 is 12.4 Å². The number of benzene rings is 1. The van der Waals surface area contributed by atoms with E-state index >= 15 is 0 Å². The lowest BCUT2D eigenvalue weighted by Gasteiger charge is -2.33. The van der Waals surface area contributed by atoms with Gasteiger partial charge in [0, 0.05) is 26.2 Å². The Balaban J connectivity index is 0.00000220. The minimum Gasteiger partial charge on any atom is -0.488 e. The van der Waals surface area contributed by atoms with Crippen LogP contribution in [-0.4, -0.2) is 43.4 Å². The van der Waals surface area contributed by atoms with Gasteiger partial charge in [-0.15, -0.1) is 12.4 Å². The summed E-state index contributed by atoms with van der Waals surface area (Å²) in [6.07, 6.45) is 0. The molecule has 0 unspecified atom stereocenters. The first-order valence-corrected chi connectivity index (χ1v) is 7.29. The number of alkyl halides is 1. The highest BCUT2D eigenvalue weighted by atomic mass is 35.5. The second-order valence-electron chi connectivity index (χ2n) is 6.24. The molecule has 0 radical (unpaired) electrons. The zero-order valence-electron chi connectivity index (χ0n) is 13.1. The van der Waals surface area contributed by atoms with Gasteiger partial charge in [-0.2, -0.15) is 0 Å². The van der Waals surface area contributed by atoms with Crippen molar-refractivity contribution in [1.29, 1.82) is 0 Å². The summed E-state index contributed by atoms with van der Waals surface area (Å²) in [5, 5.41) is 3.30. The van der Waals surface area contributed by atoms with Gasteiger partial charge in [-0.3, -0.25) is 4.90 Å². The fourth-order valence-electron chi connectivity index (χ4n) is 2.50. The Labute approximate surface area is 133 Å². The van der Waals surface area contributed by atoms with Crippen molar-refractivity contribution in [2.24, 2.45) is 0 Å². The lowest BCUT2D eigenvalue weighted by molar-refractivity contribution is 0.130. The molecule has 3 nitrogen and oxygen atoms in total. The van der Waals surface area contributed by atoms with Crippen LogP contribution in [0, 0.1) is 0 Å². The lowest BCUT2D eigenvalue weighted by atomic mass is 10.1. The molecule has 0 saturated carbocycles. The zero-order chi connectivity index (χ0) is 14.6. The van der Waals surface area contributed by atoms with Crippen LogP contribution in [-0.2, 0) is 0 Å². The Kier molecular flexibility index (Phi) is 6.91. The molecule has 1 N–H and O–H groups in total. The quantitative estimate of drug-likeness (QED) is 0.923. The summed E-state index contributed by atoms with van der Waals surface area (Å²) in [5.41, 5.74) is 0.815. The van der Waals surface area contributed by atoms with E-state index in [-0.39, 0.29) is 30.7 Å². The van der Waals surface area contributed by atoms with Crippen LogP contribution < -0.4 is 10.1 Å². The van der Waals surface area contributed by atoms with Gasteiger partial charge < -0.3 is 10.1 Å². The van der Waals surface area contributed by atoms with Crippen LogP contribution in [0.5, 0.6) is 5.75 Å². The third-order valence-electron chi connectivity index (χ3n) is 3.43. The fraction of sp³-hybridized carbons (Fsp3) is 0.625. The third kappa shape index (κ3) is 5.46. The van der Waals surface area contributed by atoms with Gasteiger partial charge in [0.25, 0.3) is 0 Å².